The lowest BCUT2D eigenvalue weighted by Crippen LogP contribution is -2.33. The van der Waals surface area contributed by atoms with E-state index in [0.717, 1.165) is 16.2 Å². The summed E-state index contributed by atoms with van der Waals surface area (Å²) in [6, 6.07) is 6.22. The zero-order valence-electron chi connectivity index (χ0n) is 13.1. The van der Waals surface area contributed by atoms with Crippen LogP contribution in [0.25, 0.3) is 22.2 Å². The number of carbonyl (C=O) groups is 1. The van der Waals surface area contributed by atoms with E-state index in [2.05, 4.69) is 24.8 Å². The lowest BCUT2D eigenvalue weighted by Gasteiger charge is -2.05. The molecule has 0 fully saturated rings. The third kappa shape index (κ3) is 4.06. The highest BCUT2D eigenvalue weighted by atomic mass is 35.5. The molecule has 0 aromatic carbocycles. The largest absolute Gasteiger partial charge is 0.355 e. The van der Waals surface area contributed by atoms with Gasteiger partial charge in [-0.25, -0.2) is 9.67 Å². The van der Waals surface area contributed by atoms with E-state index >= 15 is 0 Å². The van der Waals surface area contributed by atoms with Crippen molar-refractivity contribution in [3.05, 3.63) is 45.8 Å². The van der Waals surface area contributed by atoms with Gasteiger partial charge < -0.3 is 5.32 Å². The van der Waals surface area contributed by atoms with Crippen LogP contribution in [0.4, 0.5) is 0 Å². The lowest BCUT2D eigenvalue weighted by molar-refractivity contribution is -0.121. The zero-order chi connectivity index (χ0) is 17.8. The first-order valence-electron chi connectivity index (χ1n) is 7.37. The van der Waals surface area contributed by atoms with E-state index in [0.29, 0.717) is 33.8 Å². The Labute approximate surface area is 151 Å². The Morgan fingerprint density at radius 2 is 2.16 bits per heavy atom. The first-order chi connectivity index (χ1) is 12.1. The van der Waals surface area contributed by atoms with Crippen molar-refractivity contribution >= 4 is 29.0 Å². The Morgan fingerprint density at radius 3 is 2.92 bits per heavy atom. The smallest absolute Gasteiger partial charge is 0.267 e. The summed E-state index contributed by atoms with van der Waals surface area (Å²) >= 11 is 7.11. The molecule has 25 heavy (non-hydrogen) atoms. The highest BCUT2D eigenvalue weighted by molar-refractivity contribution is 7.09. The third-order valence-electron chi connectivity index (χ3n) is 3.13. The Hall–Kier alpha value is -2.65. The monoisotopic (exact) mass is 376 g/mol. The SMILES string of the molecule is CCNC(=O)Cn1nc(-c2nsc(-c3cc(Cl)ccn3)n2)ccc1=O. The highest BCUT2D eigenvalue weighted by Gasteiger charge is 2.13. The number of nitrogens with one attached hydrogen (secondary N) is 1. The maximum absolute atomic E-state index is 11.9. The molecule has 0 saturated heterocycles. The van der Waals surface area contributed by atoms with Gasteiger partial charge in [-0.1, -0.05) is 11.6 Å². The predicted octanol–water partition coefficient (Wildman–Crippen LogP) is 1.61. The zero-order valence-corrected chi connectivity index (χ0v) is 14.7. The molecule has 1 N–H and O–H groups in total. The fourth-order valence-electron chi connectivity index (χ4n) is 2.02. The van der Waals surface area contributed by atoms with E-state index in [1.54, 1.807) is 25.3 Å². The first-order valence-corrected chi connectivity index (χ1v) is 8.53. The Balaban J connectivity index is 1.90. The third-order valence-corrected chi connectivity index (χ3v) is 4.10. The Morgan fingerprint density at radius 1 is 1.32 bits per heavy atom. The van der Waals surface area contributed by atoms with Gasteiger partial charge in [0, 0.05) is 23.8 Å². The summed E-state index contributed by atoms with van der Waals surface area (Å²) in [5.74, 6) is 0.0655. The number of rotatable bonds is 5. The van der Waals surface area contributed by atoms with Crippen LogP contribution >= 0.6 is 23.1 Å². The molecular weight excluding hydrogens is 364 g/mol. The number of aromatic nitrogens is 5. The quantitative estimate of drug-likeness (QED) is 0.725. The molecule has 3 heterocycles. The van der Waals surface area contributed by atoms with Crippen LogP contribution in [0.5, 0.6) is 0 Å². The van der Waals surface area contributed by atoms with Crippen molar-refractivity contribution in [3.63, 3.8) is 0 Å². The van der Waals surface area contributed by atoms with E-state index in [9.17, 15) is 9.59 Å². The fourth-order valence-corrected chi connectivity index (χ4v) is 2.82. The molecular formula is C15H13ClN6O2S. The van der Waals surface area contributed by atoms with Gasteiger partial charge >= 0.3 is 0 Å². The van der Waals surface area contributed by atoms with Gasteiger partial charge in [0.25, 0.3) is 5.56 Å². The van der Waals surface area contributed by atoms with Crippen LogP contribution < -0.4 is 10.9 Å². The standard InChI is InChI=1S/C15H13ClN6O2S/c1-2-17-12(23)8-22-13(24)4-3-10(20-22)14-19-15(25-21-14)11-7-9(16)5-6-18-11/h3-7H,2,8H2,1H3,(H,17,23). The van der Waals surface area contributed by atoms with Crippen LogP contribution in [0.3, 0.4) is 0 Å². The summed E-state index contributed by atoms with van der Waals surface area (Å²) in [6.07, 6.45) is 1.59. The second-order valence-electron chi connectivity index (χ2n) is 4.95. The molecule has 0 saturated carbocycles. The fraction of sp³-hybridized carbons (Fsp3) is 0.200. The van der Waals surface area contributed by atoms with Gasteiger partial charge in [0.2, 0.25) is 5.91 Å². The van der Waals surface area contributed by atoms with E-state index < -0.39 is 0 Å². The number of halogens is 1. The lowest BCUT2D eigenvalue weighted by atomic mass is 10.3. The number of carbonyl (C=O) groups excluding carboxylic acids is 1. The number of hydrogen-bond acceptors (Lipinski definition) is 7. The van der Waals surface area contributed by atoms with Crippen molar-refractivity contribution in [2.24, 2.45) is 0 Å². The van der Waals surface area contributed by atoms with Crippen molar-refractivity contribution in [3.8, 4) is 22.2 Å². The van der Waals surface area contributed by atoms with Crippen LogP contribution in [0.2, 0.25) is 5.02 Å². The van der Waals surface area contributed by atoms with Gasteiger partial charge in [0.15, 0.2) is 10.8 Å². The number of hydrogen-bond donors (Lipinski definition) is 1. The second-order valence-corrected chi connectivity index (χ2v) is 6.14. The van der Waals surface area contributed by atoms with Crippen LogP contribution in [0.1, 0.15) is 6.92 Å². The summed E-state index contributed by atoms with van der Waals surface area (Å²) in [4.78, 5) is 32.1. The molecule has 0 aliphatic carbocycles. The molecule has 128 valence electrons. The second kappa shape index (κ2) is 7.49. The van der Waals surface area contributed by atoms with Gasteiger partial charge in [-0.3, -0.25) is 14.6 Å². The number of amides is 1. The van der Waals surface area contributed by atoms with Crippen LogP contribution in [0.15, 0.2) is 35.3 Å². The molecule has 0 unspecified atom stereocenters. The Bertz CT molecular complexity index is 970. The van der Waals surface area contributed by atoms with Crippen LogP contribution in [0, 0.1) is 0 Å². The Kier molecular flexibility index (Phi) is 5.15. The van der Waals surface area contributed by atoms with Gasteiger partial charge in [0.05, 0.1) is 0 Å². The summed E-state index contributed by atoms with van der Waals surface area (Å²) in [6.45, 7) is 2.12. The van der Waals surface area contributed by atoms with E-state index in [1.165, 1.54) is 12.1 Å². The van der Waals surface area contributed by atoms with E-state index in [4.69, 9.17) is 11.6 Å². The molecule has 0 aliphatic heterocycles. The summed E-state index contributed by atoms with van der Waals surface area (Å²) in [7, 11) is 0. The van der Waals surface area contributed by atoms with Gasteiger partial charge in [-0.15, -0.1) is 0 Å². The van der Waals surface area contributed by atoms with Crippen molar-refractivity contribution in [2.75, 3.05) is 6.54 Å². The number of pyridine rings is 1. The molecule has 0 aliphatic rings. The molecule has 1 amide bonds. The molecule has 3 rings (SSSR count). The van der Waals surface area contributed by atoms with Gasteiger partial charge in [-0.05, 0) is 36.7 Å². The molecule has 10 heteroatoms. The van der Waals surface area contributed by atoms with Gasteiger partial charge in [-0.2, -0.15) is 9.47 Å². The average molecular weight is 377 g/mol. The normalized spacial score (nSPS) is 10.6. The van der Waals surface area contributed by atoms with Crippen molar-refractivity contribution in [1.29, 1.82) is 0 Å². The first kappa shape index (κ1) is 17.2. The number of likely N-dealkylation sites (N-methyl/N-ethyl adjacent to an activating group) is 1. The molecule has 0 bridgehead atoms. The molecule has 0 radical (unpaired) electrons. The van der Waals surface area contributed by atoms with E-state index in [1.807, 2.05) is 0 Å². The highest BCUT2D eigenvalue weighted by Crippen LogP contribution is 2.24. The molecule has 0 atom stereocenters. The molecule has 3 aromatic heterocycles. The molecule has 3 aromatic rings. The summed E-state index contributed by atoms with van der Waals surface area (Å²) in [5.41, 5.74) is 0.627. The van der Waals surface area contributed by atoms with Crippen molar-refractivity contribution in [1.82, 2.24) is 29.4 Å². The predicted molar refractivity (Wildman–Crippen MR) is 94.3 cm³/mol. The minimum atomic E-state index is -0.373. The average Bonchev–Trinajstić information content (AvgIpc) is 3.07. The van der Waals surface area contributed by atoms with Gasteiger partial charge in [0.1, 0.15) is 17.9 Å². The maximum Gasteiger partial charge on any atom is 0.267 e. The summed E-state index contributed by atoms with van der Waals surface area (Å²) < 4.78 is 5.33. The minimum Gasteiger partial charge on any atom is -0.355 e. The van der Waals surface area contributed by atoms with Crippen molar-refractivity contribution in [2.45, 2.75) is 13.5 Å². The molecule has 0 spiro atoms. The topological polar surface area (TPSA) is 103 Å². The number of nitrogens with zero attached hydrogens (tertiary/aromatic N) is 5. The minimum absolute atomic E-state index is 0.159. The van der Waals surface area contributed by atoms with Crippen LogP contribution in [-0.2, 0) is 11.3 Å². The van der Waals surface area contributed by atoms with E-state index in [-0.39, 0.29) is 18.0 Å². The maximum atomic E-state index is 11.9. The summed E-state index contributed by atoms with van der Waals surface area (Å²) in [5, 5.41) is 7.93. The molecule has 8 nitrogen and oxygen atoms in total. The van der Waals surface area contributed by atoms with Crippen molar-refractivity contribution < 1.29 is 4.79 Å². The van der Waals surface area contributed by atoms with Crippen LogP contribution in [-0.4, -0.2) is 36.6 Å².